The highest BCUT2D eigenvalue weighted by Crippen LogP contribution is 2.38. The largest absolute Gasteiger partial charge is 0.331 e. The van der Waals surface area contributed by atoms with Gasteiger partial charge in [-0.1, -0.05) is 6.07 Å². The van der Waals surface area contributed by atoms with E-state index in [4.69, 9.17) is 0 Å². The van der Waals surface area contributed by atoms with Crippen molar-refractivity contribution in [3.8, 4) is 0 Å². The van der Waals surface area contributed by atoms with E-state index in [1.807, 2.05) is 0 Å². The van der Waals surface area contributed by atoms with Crippen LogP contribution in [0.1, 0.15) is 45.5 Å². The average molecular weight is 399 g/mol. The molecule has 2 N–H and O–H groups in total. The molecule has 28 heavy (non-hydrogen) atoms. The number of amides is 3. The number of rotatable bonds is 2. The second-order valence-electron chi connectivity index (χ2n) is 7.35. The van der Waals surface area contributed by atoms with E-state index in [9.17, 15) is 18.2 Å². The Morgan fingerprint density at radius 1 is 1.04 bits per heavy atom. The number of halogens is 1. The summed E-state index contributed by atoms with van der Waals surface area (Å²) in [5, 5.41) is 2.86. The van der Waals surface area contributed by atoms with E-state index in [0.29, 0.717) is 0 Å². The minimum atomic E-state index is -3.56. The third kappa shape index (κ3) is 2.63. The number of nitrogens with one attached hydrogen (secondary N) is 2. The van der Waals surface area contributed by atoms with Gasteiger partial charge in [0.25, 0.3) is 5.91 Å². The number of hydrogen-bond acceptors (Lipinski definition) is 3. The van der Waals surface area contributed by atoms with Gasteiger partial charge < -0.3 is 5.32 Å². The van der Waals surface area contributed by atoms with Crippen molar-refractivity contribution in [2.75, 3.05) is 5.32 Å². The molecule has 0 spiro atoms. The Hall–Kier alpha value is -2.74. The molecule has 0 saturated carbocycles. The van der Waals surface area contributed by atoms with E-state index < -0.39 is 27.7 Å². The minimum absolute atomic E-state index is 0.0493. The highest BCUT2D eigenvalue weighted by Gasteiger charge is 2.32. The van der Waals surface area contributed by atoms with Gasteiger partial charge in [0, 0.05) is 5.69 Å². The summed E-state index contributed by atoms with van der Waals surface area (Å²) in [5.74, 6) is -1.36. The molecule has 1 atom stereocenters. The van der Waals surface area contributed by atoms with Gasteiger partial charge in [-0.2, -0.15) is 0 Å². The van der Waals surface area contributed by atoms with Crippen molar-refractivity contribution in [1.29, 1.82) is 0 Å². The number of anilines is 1. The van der Waals surface area contributed by atoms with Gasteiger partial charge in [-0.15, -0.1) is 4.36 Å². The molecule has 0 aromatic heterocycles. The first-order valence-electron chi connectivity index (χ1n) is 9.31. The van der Waals surface area contributed by atoms with Crippen molar-refractivity contribution in [1.82, 2.24) is 4.72 Å². The lowest BCUT2D eigenvalue weighted by Gasteiger charge is -2.17. The van der Waals surface area contributed by atoms with Crippen LogP contribution in [0.5, 0.6) is 0 Å². The van der Waals surface area contributed by atoms with Gasteiger partial charge in [0.05, 0.1) is 10.5 Å². The Labute approximate surface area is 161 Å². The summed E-state index contributed by atoms with van der Waals surface area (Å²) in [6, 6.07) is 4.88. The van der Waals surface area contributed by atoms with E-state index in [1.54, 1.807) is 0 Å². The summed E-state index contributed by atoms with van der Waals surface area (Å²) in [7, 11) is -3.56. The van der Waals surface area contributed by atoms with Gasteiger partial charge in [0.2, 0.25) is 0 Å². The van der Waals surface area contributed by atoms with Crippen LogP contribution in [0.4, 0.5) is 14.9 Å². The first kappa shape index (κ1) is 17.4. The van der Waals surface area contributed by atoms with Crippen molar-refractivity contribution < 1.29 is 18.2 Å². The summed E-state index contributed by atoms with van der Waals surface area (Å²) < 4.78 is 32.7. The lowest BCUT2D eigenvalue weighted by Crippen LogP contribution is -2.34. The van der Waals surface area contributed by atoms with E-state index >= 15 is 0 Å². The Kier molecular flexibility index (Phi) is 3.80. The number of carbonyl (C=O) groups is 2. The predicted octanol–water partition coefficient (Wildman–Crippen LogP) is 3.52. The topological polar surface area (TPSA) is 87.6 Å². The molecule has 0 radical (unpaired) electrons. The standard InChI is InChI=1S/C20H18FN3O3S/c21-13-7-8-16-17(10-13)28(27,23-19(16)25)24-20(26)22-18-14-5-1-3-11(14)9-12-4-2-6-15(12)18/h7-10H,1-6H2,(H2,22,23,24,25,26,27). The van der Waals surface area contributed by atoms with E-state index in [0.717, 1.165) is 67.5 Å². The van der Waals surface area contributed by atoms with Crippen molar-refractivity contribution >= 4 is 27.5 Å². The van der Waals surface area contributed by atoms with Gasteiger partial charge in [0.1, 0.15) is 5.82 Å². The molecule has 3 aliphatic rings. The van der Waals surface area contributed by atoms with Crippen molar-refractivity contribution in [3.05, 3.63) is 57.9 Å². The second-order valence-corrected chi connectivity index (χ2v) is 9.23. The number of fused-ring (bicyclic) bond motifs is 3. The van der Waals surface area contributed by atoms with Crippen LogP contribution in [0.25, 0.3) is 0 Å². The summed E-state index contributed by atoms with van der Waals surface area (Å²) in [4.78, 5) is 24.6. The fourth-order valence-corrected chi connectivity index (χ4v) is 6.04. The molecule has 0 bridgehead atoms. The molecular weight excluding hydrogens is 381 g/mol. The number of aryl methyl sites for hydroxylation is 2. The van der Waals surface area contributed by atoms with Gasteiger partial charge in [-0.25, -0.2) is 18.1 Å². The quantitative estimate of drug-likeness (QED) is 0.810. The Bertz CT molecular complexity index is 1150. The molecule has 2 aromatic carbocycles. The van der Waals surface area contributed by atoms with Crippen molar-refractivity contribution in [3.63, 3.8) is 0 Å². The highest BCUT2D eigenvalue weighted by molar-refractivity contribution is 7.93. The third-order valence-electron chi connectivity index (χ3n) is 5.63. The average Bonchev–Trinajstić information content (AvgIpc) is 3.34. The third-order valence-corrected chi connectivity index (χ3v) is 7.45. The van der Waals surface area contributed by atoms with Crippen LogP contribution in [0.3, 0.4) is 0 Å². The maximum Gasteiger partial charge on any atom is 0.331 e. The first-order chi connectivity index (χ1) is 13.4. The Balaban J connectivity index is 1.48. The molecule has 2 aliphatic carbocycles. The summed E-state index contributed by atoms with van der Waals surface area (Å²) >= 11 is 0. The van der Waals surface area contributed by atoms with E-state index in [2.05, 4.69) is 20.5 Å². The van der Waals surface area contributed by atoms with E-state index in [-0.39, 0.29) is 10.5 Å². The molecule has 1 aliphatic heterocycles. The monoisotopic (exact) mass is 399 g/mol. The van der Waals surface area contributed by atoms with Crippen LogP contribution >= 0.6 is 0 Å². The molecule has 144 valence electrons. The van der Waals surface area contributed by atoms with Crippen molar-refractivity contribution in [2.24, 2.45) is 4.36 Å². The molecule has 3 amide bonds. The lowest BCUT2D eigenvalue weighted by molar-refractivity contribution is 0.101. The summed E-state index contributed by atoms with van der Waals surface area (Å²) in [6.07, 6.45) is 5.86. The van der Waals surface area contributed by atoms with Gasteiger partial charge in [-0.05, 0) is 79.0 Å². The zero-order valence-electron chi connectivity index (χ0n) is 15.0. The molecule has 0 saturated heterocycles. The summed E-state index contributed by atoms with van der Waals surface area (Å²) in [5.41, 5.74) is 5.63. The lowest BCUT2D eigenvalue weighted by atomic mass is 9.99. The van der Waals surface area contributed by atoms with Crippen LogP contribution in [-0.2, 0) is 35.6 Å². The van der Waals surface area contributed by atoms with Crippen LogP contribution in [0, 0.1) is 5.82 Å². The minimum Gasteiger partial charge on any atom is -0.307 e. The first-order valence-corrected chi connectivity index (χ1v) is 10.8. The number of urea groups is 1. The zero-order valence-corrected chi connectivity index (χ0v) is 15.8. The maximum atomic E-state index is 13.6. The molecule has 6 nitrogen and oxygen atoms in total. The predicted molar refractivity (Wildman–Crippen MR) is 102 cm³/mol. The van der Waals surface area contributed by atoms with Gasteiger partial charge in [0.15, 0.2) is 9.92 Å². The fourth-order valence-electron chi connectivity index (χ4n) is 4.43. The van der Waals surface area contributed by atoms with Crippen LogP contribution in [0.2, 0.25) is 0 Å². The molecule has 0 fully saturated rings. The molecule has 2 aromatic rings. The molecule has 1 heterocycles. The molecule has 1 unspecified atom stereocenters. The number of hydrogen-bond donors (Lipinski definition) is 2. The van der Waals surface area contributed by atoms with E-state index in [1.165, 1.54) is 17.2 Å². The fraction of sp³-hybridized carbons (Fsp3) is 0.300. The molecular formula is C20H18FN3O3S. The number of nitrogens with zero attached hydrogens (tertiary/aromatic N) is 1. The number of carbonyl (C=O) groups excluding carboxylic acids is 2. The highest BCUT2D eigenvalue weighted by atomic mass is 32.2. The van der Waals surface area contributed by atoms with Gasteiger partial charge >= 0.3 is 6.03 Å². The SMILES string of the molecule is O=C(Nc1c2c(cc3c1CCC3)CCC2)NS1(=O)=NC(=O)c2ccc(F)cc21. The second kappa shape index (κ2) is 6.13. The van der Waals surface area contributed by atoms with Gasteiger partial charge in [-0.3, -0.25) is 4.79 Å². The molecule has 5 rings (SSSR count). The normalized spacial score (nSPS) is 21.7. The molecule has 8 heteroatoms. The number of benzene rings is 2. The Morgan fingerprint density at radius 2 is 1.71 bits per heavy atom. The summed E-state index contributed by atoms with van der Waals surface area (Å²) in [6.45, 7) is 0. The smallest absolute Gasteiger partial charge is 0.307 e. The van der Waals surface area contributed by atoms with Crippen LogP contribution in [0.15, 0.2) is 33.5 Å². The Morgan fingerprint density at radius 3 is 2.39 bits per heavy atom. The zero-order chi connectivity index (χ0) is 19.5. The van der Waals surface area contributed by atoms with Crippen molar-refractivity contribution in [2.45, 2.75) is 43.4 Å². The van der Waals surface area contributed by atoms with Crippen LogP contribution < -0.4 is 10.0 Å². The van der Waals surface area contributed by atoms with Crippen LogP contribution in [-0.4, -0.2) is 16.1 Å². The maximum absolute atomic E-state index is 13.6.